The number of rotatable bonds is 5. The molecular weight excluding hydrogens is 312 g/mol. The first-order valence-electron chi connectivity index (χ1n) is 6.05. The van der Waals surface area contributed by atoms with Crippen LogP contribution in [0.1, 0.15) is 27.2 Å². The van der Waals surface area contributed by atoms with E-state index in [9.17, 15) is 15.2 Å². The van der Waals surface area contributed by atoms with Gasteiger partial charge < -0.3 is 10.4 Å². The summed E-state index contributed by atoms with van der Waals surface area (Å²) in [7, 11) is 0. The zero-order valence-corrected chi connectivity index (χ0v) is 12.9. The van der Waals surface area contributed by atoms with Gasteiger partial charge in [-0.15, -0.1) is 0 Å². The van der Waals surface area contributed by atoms with Crippen molar-refractivity contribution in [2.24, 2.45) is 5.41 Å². The Kier molecular flexibility index (Phi) is 5.31. The van der Waals surface area contributed by atoms with E-state index in [1.165, 1.54) is 12.1 Å². The number of benzene rings is 1. The molecule has 6 heteroatoms. The summed E-state index contributed by atoms with van der Waals surface area (Å²) in [6.45, 7) is 6.61. The monoisotopic (exact) mass is 330 g/mol. The maximum Gasteiger partial charge on any atom is 0.270 e. The van der Waals surface area contributed by atoms with Gasteiger partial charge in [0, 0.05) is 28.8 Å². The molecule has 5 nitrogen and oxygen atoms in total. The van der Waals surface area contributed by atoms with E-state index >= 15 is 0 Å². The number of aliphatic hydroxyl groups is 1. The van der Waals surface area contributed by atoms with E-state index < -0.39 is 11.0 Å². The van der Waals surface area contributed by atoms with Crippen LogP contribution in [0.3, 0.4) is 0 Å². The molecule has 19 heavy (non-hydrogen) atoms. The number of non-ortho nitro benzene ring substituents is 1. The lowest BCUT2D eigenvalue weighted by Crippen LogP contribution is -2.25. The van der Waals surface area contributed by atoms with Gasteiger partial charge in [-0.05, 0) is 33.8 Å². The molecule has 2 N–H and O–H groups in total. The van der Waals surface area contributed by atoms with Gasteiger partial charge in [-0.3, -0.25) is 10.1 Å². The molecule has 0 bridgehead atoms. The summed E-state index contributed by atoms with van der Waals surface area (Å²) < 4.78 is 0.615. The summed E-state index contributed by atoms with van der Waals surface area (Å²) in [5.74, 6) is 0. The van der Waals surface area contributed by atoms with Crippen molar-refractivity contribution in [1.82, 2.24) is 0 Å². The van der Waals surface area contributed by atoms with Gasteiger partial charge in [0.05, 0.1) is 11.0 Å². The molecule has 1 unspecified atom stereocenters. The number of nitrogens with one attached hydrogen (secondary N) is 1. The van der Waals surface area contributed by atoms with Gasteiger partial charge >= 0.3 is 0 Å². The summed E-state index contributed by atoms with van der Waals surface area (Å²) in [5.41, 5.74) is 0.833. The van der Waals surface area contributed by atoms with Gasteiger partial charge in [-0.25, -0.2) is 0 Å². The zero-order valence-electron chi connectivity index (χ0n) is 11.3. The number of halogens is 1. The molecule has 0 spiro atoms. The smallest absolute Gasteiger partial charge is 0.270 e. The Bertz CT molecular complexity index is 458. The number of hydrogen-bond donors (Lipinski definition) is 2. The Labute approximate surface area is 121 Å². The molecule has 106 valence electrons. The van der Waals surface area contributed by atoms with Crippen LogP contribution in [0.4, 0.5) is 11.4 Å². The molecule has 0 aliphatic heterocycles. The summed E-state index contributed by atoms with van der Waals surface area (Å²) in [6, 6.07) is 4.51. The lowest BCUT2D eigenvalue weighted by Gasteiger charge is -2.23. The van der Waals surface area contributed by atoms with Crippen molar-refractivity contribution in [2.45, 2.75) is 33.3 Å². The zero-order chi connectivity index (χ0) is 14.6. The molecule has 1 rings (SSSR count). The molecule has 1 aromatic rings. The largest absolute Gasteiger partial charge is 0.391 e. The van der Waals surface area contributed by atoms with Crippen molar-refractivity contribution < 1.29 is 10.0 Å². The molecule has 0 radical (unpaired) electrons. The molecule has 1 atom stereocenters. The van der Waals surface area contributed by atoms with Crippen molar-refractivity contribution in [1.29, 1.82) is 0 Å². The van der Waals surface area contributed by atoms with Gasteiger partial charge in [0.15, 0.2) is 0 Å². The fourth-order valence-corrected chi connectivity index (χ4v) is 2.27. The summed E-state index contributed by atoms with van der Waals surface area (Å²) in [5, 5.41) is 23.6. The molecule has 0 fully saturated rings. The van der Waals surface area contributed by atoms with Crippen LogP contribution in [0.15, 0.2) is 22.7 Å². The van der Waals surface area contributed by atoms with Crippen LogP contribution in [-0.2, 0) is 0 Å². The van der Waals surface area contributed by atoms with Gasteiger partial charge in [0.2, 0.25) is 0 Å². The third-order valence-corrected chi connectivity index (χ3v) is 3.20. The third kappa shape index (κ3) is 5.57. The Morgan fingerprint density at radius 1 is 1.47 bits per heavy atom. The van der Waals surface area contributed by atoms with Gasteiger partial charge in [-0.1, -0.05) is 20.8 Å². The average Bonchev–Trinajstić information content (AvgIpc) is 2.24. The average molecular weight is 331 g/mol. The van der Waals surface area contributed by atoms with Crippen LogP contribution in [0.5, 0.6) is 0 Å². The predicted molar refractivity (Wildman–Crippen MR) is 79.4 cm³/mol. The summed E-state index contributed by atoms with van der Waals surface area (Å²) in [4.78, 5) is 10.2. The topological polar surface area (TPSA) is 75.4 Å². The minimum atomic E-state index is -0.456. The van der Waals surface area contributed by atoms with E-state index in [-0.39, 0.29) is 11.1 Å². The van der Waals surface area contributed by atoms with Crippen molar-refractivity contribution in [2.75, 3.05) is 11.9 Å². The highest BCUT2D eigenvalue weighted by molar-refractivity contribution is 9.10. The van der Waals surface area contributed by atoms with E-state index in [2.05, 4.69) is 42.0 Å². The van der Waals surface area contributed by atoms with Crippen molar-refractivity contribution in [3.05, 3.63) is 32.8 Å². The van der Waals surface area contributed by atoms with E-state index in [1.807, 2.05) is 0 Å². The van der Waals surface area contributed by atoms with Crippen LogP contribution in [-0.4, -0.2) is 22.7 Å². The quantitative estimate of drug-likeness (QED) is 0.639. The molecule has 0 amide bonds. The van der Waals surface area contributed by atoms with E-state index in [4.69, 9.17) is 0 Å². The summed E-state index contributed by atoms with van der Waals surface area (Å²) >= 11 is 3.28. The van der Waals surface area contributed by atoms with E-state index in [1.54, 1.807) is 6.07 Å². The SMILES string of the molecule is CC(C)(C)CC(O)CNc1ccc([N+](=O)[O-])cc1Br. The lowest BCUT2D eigenvalue weighted by atomic mass is 9.89. The molecule has 0 aromatic heterocycles. The first kappa shape index (κ1) is 15.9. The Morgan fingerprint density at radius 2 is 2.11 bits per heavy atom. The predicted octanol–water partition coefficient (Wildman–Crippen LogP) is 3.57. The second kappa shape index (κ2) is 6.34. The minimum Gasteiger partial charge on any atom is -0.391 e. The van der Waals surface area contributed by atoms with Crippen LogP contribution in [0, 0.1) is 15.5 Å². The van der Waals surface area contributed by atoms with Gasteiger partial charge in [-0.2, -0.15) is 0 Å². The first-order valence-corrected chi connectivity index (χ1v) is 6.84. The first-order chi connectivity index (χ1) is 8.69. The lowest BCUT2D eigenvalue weighted by molar-refractivity contribution is -0.384. The van der Waals surface area contributed by atoms with Gasteiger partial charge in [0.1, 0.15) is 0 Å². The van der Waals surface area contributed by atoms with Gasteiger partial charge in [0.25, 0.3) is 5.69 Å². The normalized spacial score (nSPS) is 13.1. The Balaban J connectivity index is 2.61. The second-order valence-corrected chi connectivity index (χ2v) is 6.58. The molecule has 0 aliphatic carbocycles. The number of nitro benzene ring substituents is 1. The Morgan fingerprint density at radius 3 is 2.58 bits per heavy atom. The van der Waals surface area contributed by atoms with Crippen molar-refractivity contribution in [3.63, 3.8) is 0 Å². The third-order valence-electron chi connectivity index (χ3n) is 2.54. The number of nitrogens with zero attached hydrogens (tertiary/aromatic N) is 1. The van der Waals surface area contributed by atoms with E-state index in [0.717, 1.165) is 5.69 Å². The number of hydrogen-bond acceptors (Lipinski definition) is 4. The van der Waals surface area contributed by atoms with Crippen molar-refractivity contribution in [3.8, 4) is 0 Å². The molecule has 0 aliphatic rings. The molecule has 1 aromatic carbocycles. The highest BCUT2D eigenvalue weighted by Crippen LogP contribution is 2.27. The standard InChI is InChI=1S/C13H19BrN2O3/c1-13(2,3)7-10(17)8-15-12-5-4-9(16(18)19)6-11(12)14/h4-6,10,15,17H,7-8H2,1-3H3. The minimum absolute atomic E-state index is 0.0349. The van der Waals surface area contributed by atoms with Crippen LogP contribution in [0.2, 0.25) is 0 Å². The summed E-state index contributed by atoms with van der Waals surface area (Å²) in [6.07, 6.45) is 0.229. The van der Waals surface area contributed by atoms with Crippen molar-refractivity contribution >= 4 is 27.3 Å². The highest BCUT2D eigenvalue weighted by atomic mass is 79.9. The fraction of sp³-hybridized carbons (Fsp3) is 0.538. The Hall–Kier alpha value is -1.14. The molecular formula is C13H19BrN2O3. The maximum atomic E-state index is 10.6. The number of aliphatic hydroxyl groups excluding tert-OH is 1. The molecule has 0 saturated heterocycles. The van der Waals surface area contributed by atoms with Crippen LogP contribution >= 0.6 is 15.9 Å². The second-order valence-electron chi connectivity index (χ2n) is 5.72. The van der Waals surface area contributed by atoms with Crippen LogP contribution < -0.4 is 5.32 Å². The molecule has 0 saturated carbocycles. The number of nitro groups is 1. The number of anilines is 1. The highest BCUT2D eigenvalue weighted by Gasteiger charge is 2.17. The van der Waals surface area contributed by atoms with E-state index in [0.29, 0.717) is 17.4 Å². The molecule has 0 heterocycles. The van der Waals surface area contributed by atoms with Crippen LogP contribution in [0.25, 0.3) is 0 Å². The maximum absolute atomic E-state index is 10.6. The fourth-order valence-electron chi connectivity index (χ4n) is 1.77.